The fourth-order valence-corrected chi connectivity index (χ4v) is 4.85. The Balaban J connectivity index is 1.26. The van der Waals surface area contributed by atoms with E-state index < -0.39 is 0 Å². The highest BCUT2D eigenvalue weighted by molar-refractivity contribution is 7.99. The van der Waals surface area contributed by atoms with E-state index >= 15 is 0 Å². The number of nitrogens with zero attached hydrogens (tertiary/aromatic N) is 5. The number of amides is 1. The zero-order valence-electron chi connectivity index (χ0n) is 19.3. The van der Waals surface area contributed by atoms with Crippen LogP contribution in [0.2, 0.25) is 0 Å². The van der Waals surface area contributed by atoms with E-state index in [9.17, 15) is 9.18 Å². The predicted molar refractivity (Wildman–Crippen MR) is 129 cm³/mol. The molecule has 3 heterocycles. The minimum Gasteiger partial charge on any atom is -0.486 e. The smallest absolute Gasteiger partial charge is 0.232 e. The number of aromatic nitrogens is 3. The van der Waals surface area contributed by atoms with E-state index in [1.807, 2.05) is 24.3 Å². The highest BCUT2D eigenvalue weighted by Gasteiger charge is 2.26. The Morgan fingerprint density at radius 1 is 1.14 bits per heavy atom. The summed E-state index contributed by atoms with van der Waals surface area (Å²) in [5.74, 6) is 1.70. The maximum absolute atomic E-state index is 14.0. The fourth-order valence-electron chi connectivity index (χ4n) is 3.96. The quantitative estimate of drug-likeness (QED) is 0.459. The van der Waals surface area contributed by atoms with Gasteiger partial charge in [-0.25, -0.2) is 4.39 Å². The van der Waals surface area contributed by atoms with Gasteiger partial charge in [-0.15, -0.1) is 10.2 Å². The normalized spacial score (nSPS) is 17.3. The largest absolute Gasteiger partial charge is 0.486 e. The first-order chi connectivity index (χ1) is 17.1. The van der Waals surface area contributed by atoms with Crippen molar-refractivity contribution in [2.24, 2.45) is 0 Å². The van der Waals surface area contributed by atoms with Gasteiger partial charge in [0.2, 0.25) is 11.9 Å². The number of para-hydroxylation sites is 2. The molecule has 1 amide bonds. The predicted octanol–water partition coefficient (Wildman–Crippen LogP) is 2.63. The molecule has 0 aliphatic carbocycles. The molecule has 2 aromatic carbocycles. The Morgan fingerprint density at radius 3 is 2.74 bits per heavy atom. The molecule has 2 aliphatic rings. The van der Waals surface area contributed by atoms with E-state index in [-0.39, 0.29) is 23.6 Å². The summed E-state index contributed by atoms with van der Waals surface area (Å²) in [6.07, 6.45) is -0.257. The van der Waals surface area contributed by atoms with Crippen LogP contribution in [0.15, 0.2) is 53.7 Å². The van der Waals surface area contributed by atoms with Gasteiger partial charge in [-0.1, -0.05) is 30.0 Å². The second-order valence-corrected chi connectivity index (χ2v) is 9.20. The SMILES string of the molecule is CN(C[C@@H]1COc2ccccc2O1)C(=O)CSc1nnc(N2CCOCC2)n1-c1cccc(F)c1. The number of carbonyl (C=O) groups excluding carboxylic acids is 1. The lowest BCUT2D eigenvalue weighted by Gasteiger charge is -2.29. The number of halogens is 1. The summed E-state index contributed by atoms with van der Waals surface area (Å²) in [7, 11) is 1.74. The number of rotatable bonds is 7. The van der Waals surface area contributed by atoms with Crippen LogP contribution in [0, 0.1) is 5.82 Å². The van der Waals surface area contributed by atoms with Gasteiger partial charge in [-0.3, -0.25) is 9.36 Å². The molecule has 0 bridgehead atoms. The molecule has 11 heteroatoms. The minimum absolute atomic E-state index is 0.0841. The standard InChI is InChI=1S/C24H26FN5O4S/c1-28(14-19-15-33-20-7-2-3-8-21(20)34-19)22(31)16-35-24-27-26-23(29-9-11-32-12-10-29)30(24)18-6-4-5-17(25)13-18/h2-8,13,19H,9-12,14-16H2,1H3/t19-/m1/s1. The molecule has 0 radical (unpaired) electrons. The molecule has 0 saturated carbocycles. The van der Waals surface area contributed by atoms with Crippen molar-refractivity contribution in [1.29, 1.82) is 0 Å². The first kappa shape index (κ1) is 23.4. The van der Waals surface area contributed by atoms with Crippen molar-refractivity contribution in [3.63, 3.8) is 0 Å². The van der Waals surface area contributed by atoms with E-state index in [0.717, 1.165) is 0 Å². The third kappa shape index (κ3) is 5.35. The fraction of sp³-hybridized carbons (Fsp3) is 0.375. The molecule has 184 valence electrons. The molecular formula is C24H26FN5O4S. The van der Waals surface area contributed by atoms with Gasteiger partial charge in [0.1, 0.15) is 12.4 Å². The molecule has 0 spiro atoms. The Hall–Kier alpha value is -3.31. The van der Waals surface area contributed by atoms with Gasteiger partial charge < -0.3 is 24.0 Å². The van der Waals surface area contributed by atoms with E-state index in [2.05, 4.69) is 15.1 Å². The zero-order chi connectivity index (χ0) is 24.2. The van der Waals surface area contributed by atoms with Gasteiger partial charge in [0.05, 0.1) is 31.2 Å². The third-order valence-electron chi connectivity index (χ3n) is 5.77. The van der Waals surface area contributed by atoms with Crippen LogP contribution in [0.5, 0.6) is 11.5 Å². The van der Waals surface area contributed by atoms with Crippen LogP contribution < -0.4 is 14.4 Å². The van der Waals surface area contributed by atoms with Crippen LogP contribution in [0.4, 0.5) is 10.3 Å². The van der Waals surface area contributed by atoms with Gasteiger partial charge in [0.25, 0.3) is 0 Å². The van der Waals surface area contributed by atoms with Crippen molar-refractivity contribution in [2.75, 3.05) is 57.2 Å². The number of fused-ring (bicyclic) bond motifs is 1. The number of morpholine rings is 1. The molecule has 1 saturated heterocycles. The van der Waals surface area contributed by atoms with Gasteiger partial charge in [0.15, 0.2) is 22.8 Å². The van der Waals surface area contributed by atoms with Gasteiger partial charge in [-0.05, 0) is 30.3 Å². The number of benzene rings is 2. The van der Waals surface area contributed by atoms with Crippen LogP contribution in [-0.4, -0.2) is 83.9 Å². The van der Waals surface area contributed by atoms with Crippen molar-refractivity contribution >= 4 is 23.6 Å². The first-order valence-corrected chi connectivity index (χ1v) is 12.4. The Bertz CT molecular complexity index is 1190. The third-order valence-corrected chi connectivity index (χ3v) is 6.69. The number of ether oxygens (including phenoxy) is 3. The zero-order valence-corrected chi connectivity index (χ0v) is 20.1. The number of likely N-dealkylation sites (N-methyl/N-ethyl adjacent to an activating group) is 1. The lowest BCUT2D eigenvalue weighted by molar-refractivity contribution is -0.128. The number of hydrogen-bond acceptors (Lipinski definition) is 8. The van der Waals surface area contributed by atoms with E-state index in [1.54, 1.807) is 28.6 Å². The summed E-state index contributed by atoms with van der Waals surface area (Å²) >= 11 is 1.27. The summed E-state index contributed by atoms with van der Waals surface area (Å²) < 4.78 is 33.0. The molecule has 1 atom stereocenters. The van der Waals surface area contributed by atoms with E-state index in [4.69, 9.17) is 14.2 Å². The molecule has 1 aromatic heterocycles. The Kier molecular flexibility index (Phi) is 7.05. The number of carbonyl (C=O) groups is 1. The topological polar surface area (TPSA) is 82.0 Å². The molecule has 5 rings (SSSR count). The van der Waals surface area contributed by atoms with Crippen molar-refractivity contribution < 1.29 is 23.4 Å². The lowest BCUT2D eigenvalue weighted by Crippen LogP contribution is -2.42. The van der Waals surface area contributed by atoms with Gasteiger partial charge >= 0.3 is 0 Å². The molecule has 9 nitrogen and oxygen atoms in total. The minimum atomic E-state index is -0.354. The van der Waals surface area contributed by atoms with Crippen LogP contribution in [0.25, 0.3) is 5.69 Å². The van der Waals surface area contributed by atoms with Crippen LogP contribution in [0.1, 0.15) is 0 Å². The van der Waals surface area contributed by atoms with Crippen molar-refractivity contribution in [3.05, 3.63) is 54.3 Å². The summed E-state index contributed by atoms with van der Waals surface area (Å²) in [4.78, 5) is 16.6. The van der Waals surface area contributed by atoms with Gasteiger partial charge in [0, 0.05) is 20.1 Å². The summed E-state index contributed by atoms with van der Waals surface area (Å²) in [5.41, 5.74) is 0.603. The lowest BCUT2D eigenvalue weighted by atomic mass is 10.2. The average molecular weight is 500 g/mol. The van der Waals surface area contributed by atoms with E-state index in [1.165, 1.54) is 23.9 Å². The van der Waals surface area contributed by atoms with Crippen molar-refractivity contribution in [1.82, 2.24) is 19.7 Å². The molecule has 0 unspecified atom stereocenters. The highest BCUT2D eigenvalue weighted by atomic mass is 32.2. The molecule has 1 fully saturated rings. The average Bonchev–Trinajstić information content (AvgIpc) is 3.31. The Labute approximate surface area is 206 Å². The van der Waals surface area contributed by atoms with Crippen molar-refractivity contribution in [2.45, 2.75) is 11.3 Å². The van der Waals surface area contributed by atoms with Crippen LogP contribution in [-0.2, 0) is 9.53 Å². The van der Waals surface area contributed by atoms with Crippen LogP contribution >= 0.6 is 11.8 Å². The monoisotopic (exact) mass is 499 g/mol. The number of thioether (sulfide) groups is 1. The second-order valence-electron chi connectivity index (χ2n) is 8.26. The van der Waals surface area contributed by atoms with Crippen molar-refractivity contribution in [3.8, 4) is 17.2 Å². The number of hydrogen-bond donors (Lipinski definition) is 0. The number of anilines is 1. The molecule has 0 N–H and O–H groups in total. The first-order valence-electron chi connectivity index (χ1n) is 11.4. The Morgan fingerprint density at radius 2 is 1.94 bits per heavy atom. The van der Waals surface area contributed by atoms with Crippen LogP contribution in [0.3, 0.4) is 0 Å². The molecule has 2 aliphatic heterocycles. The summed E-state index contributed by atoms with van der Waals surface area (Å²) in [6, 6.07) is 13.8. The maximum atomic E-state index is 14.0. The summed E-state index contributed by atoms with van der Waals surface area (Å²) in [5, 5.41) is 9.21. The maximum Gasteiger partial charge on any atom is 0.232 e. The molecule has 35 heavy (non-hydrogen) atoms. The van der Waals surface area contributed by atoms with E-state index in [0.29, 0.717) is 67.7 Å². The van der Waals surface area contributed by atoms with Gasteiger partial charge in [-0.2, -0.15) is 0 Å². The second kappa shape index (κ2) is 10.5. The highest BCUT2D eigenvalue weighted by Crippen LogP contribution is 2.31. The molecule has 3 aromatic rings. The molecular weight excluding hydrogens is 473 g/mol. The summed E-state index contributed by atoms with van der Waals surface area (Å²) in [6.45, 7) is 3.25.